The molecule has 2 aliphatic heterocycles. The first-order valence-corrected chi connectivity index (χ1v) is 10.0. The Labute approximate surface area is 166 Å². The van der Waals surface area contributed by atoms with Crippen molar-refractivity contribution < 1.29 is 4.79 Å². The SMILES string of the molecule is Cc1nc(C(=O)Nc2ccc(N3CCCC3)cc2)cc(N2CCN(C)CC2)n1. The molecule has 2 fully saturated rings. The van der Waals surface area contributed by atoms with E-state index in [2.05, 4.69) is 49.2 Å². The van der Waals surface area contributed by atoms with E-state index in [0.717, 1.165) is 50.8 Å². The largest absolute Gasteiger partial charge is 0.372 e. The number of aromatic nitrogens is 2. The molecule has 1 aromatic carbocycles. The van der Waals surface area contributed by atoms with Crippen LogP contribution in [0.2, 0.25) is 0 Å². The molecule has 0 atom stereocenters. The molecule has 0 bridgehead atoms. The molecule has 2 saturated heterocycles. The van der Waals surface area contributed by atoms with E-state index in [0.29, 0.717) is 11.5 Å². The van der Waals surface area contributed by atoms with Gasteiger partial charge in [0.05, 0.1) is 0 Å². The van der Waals surface area contributed by atoms with Crippen molar-refractivity contribution in [3.63, 3.8) is 0 Å². The smallest absolute Gasteiger partial charge is 0.274 e. The zero-order valence-electron chi connectivity index (χ0n) is 16.7. The number of carbonyl (C=O) groups is 1. The van der Waals surface area contributed by atoms with E-state index in [9.17, 15) is 4.79 Å². The Balaban J connectivity index is 1.45. The van der Waals surface area contributed by atoms with E-state index in [4.69, 9.17) is 0 Å². The Morgan fingerprint density at radius 3 is 2.29 bits per heavy atom. The van der Waals surface area contributed by atoms with Crippen LogP contribution in [0, 0.1) is 6.92 Å². The highest BCUT2D eigenvalue weighted by Crippen LogP contribution is 2.22. The summed E-state index contributed by atoms with van der Waals surface area (Å²) in [5, 5.41) is 2.97. The van der Waals surface area contributed by atoms with Gasteiger partial charge in [0.1, 0.15) is 17.3 Å². The minimum Gasteiger partial charge on any atom is -0.372 e. The number of nitrogens with zero attached hydrogens (tertiary/aromatic N) is 5. The van der Waals surface area contributed by atoms with Gasteiger partial charge in [-0.05, 0) is 51.1 Å². The highest BCUT2D eigenvalue weighted by molar-refractivity contribution is 6.03. The van der Waals surface area contributed by atoms with E-state index in [1.54, 1.807) is 6.07 Å². The van der Waals surface area contributed by atoms with Gasteiger partial charge in [-0.25, -0.2) is 9.97 Å². The van der Waals surface area contributed by atoms with Crippen molar-refractivity contribution in [3.8, 4) is 0 Å². The molecule has 1 N–H and O–H groups in total. The molecule has 3 heterocycles. The average molecular weight is 380 g/mol. The van der Waals surface area contributed by atoms with Crippen LogP contribution in [0.5, 0.6) is 0 Å². The zero-order chi connectivity index (χ0) is 19.5. The van der Waals surface area contributed by atoms with E-state index in [1.807, 2.05) is 19.1 Å². The fraction of sp³-hybridized carbons (Fsp3) is 0.476. The van der Waals surface area contributed by atoms with Crippen LogP contribution in [0.3, 0.4) is 0 Å². The Morgan fingerprint density at radius 1 is 0.929 bits per heavy atom. The first kappa shape index (κ1) is 18.7. The third-order valence-electron chi connectivity index (χ3n) is 5.48. The molecule has 4 rings (SSSR count). The number of carbonyl (C=O) groups excluding carboxylic acids is 1. The monoisotopic (exact) mass is 380 g/mol. The summed E-state index contributed by atoms with van der Waals surface area (Å²) in [7, 11) is 2.12. The number of likely N-dealkylation sites (N-methyl/N-ethyl adjacent to an activating group) is 1. The molecular weight excluding hydrogens is 352 g/mol. The number of nitrogens with one attached hydrogen (secondary N) is 1. The number of rotatable bonds is 4. The van der Waals surface area contributed by atoms with Crippen LogP contribution >= 0.6 is 0 Å². The molecule has 148 valence electrons. The molecular formula is C21H28N6O. The van der Waals surface area contributed by atoms with Gasteiger partial charge in [-0.15, -0.1) is 0 Å². The van der Waals surface area contributed by atoms with Crippen LogP contribution in [-0.2, 0) is 0 Å². The molecule has 1 amide bonds. The Kier molecular flexibility index (Phi) is 5.43. The predicted octanol–water partition coefficient (Wildman–Crippen LogP) is 2.39. The van der Waals surface area contributed by atoms with Gasteiger partial charge in [0, 0.05) is 56.7 Å². The summed E-state index contributed by atoms with van der Waals surface area (Å²) >= 11 is 0. The number of hydrogen-bond donors (Lipinski definition) is 1. The number of piperazine rings is 1. The average Bonchev–Trinajstić information content (AvgIpc) is 3.23. The van der Waals surface area contributed by atoms with Gasteiger partial charge in [-0.1, -0.05) is 0 Å². The van der Waals surface area contributed by atoms with Gasteiger partial charge in [-0.2, -0.15) is 0 Å². The summed E-state index contributed by atoms with van der Waals surface area (Å²) < 4.78 is 0. The molecule has 28 heavy (non-hydrogen) atoms. The molecule has 0 spiro atoms. The third-order valence-corrected chi connectivity index (χ3v) is 5.48. The van der Waals surface area contributed by atoms with Gasteiger partial charge in [0.25, 0.3) is 5.91 Å². The minimum atomic E-state index is -0.199. The van der Waals surface area contributed by atoms with E-state index >= 15 is 0 Å². The summed E-state index contributed by atoms with van der Waals surface area (Å²) in [6.07, 6.45) is 2.50. The lowest BCUT2D eigenvalue weighted by molar-refractivity contribution is 0.102. The quantitative estimate of drug-likeness (QED) is 0.879. The summed E-state index contributed by atoms with van der Waals surface area (Å²) in [5.41, 5.74) is 2.40. The fourth-order valence-corrected chi connectivity index (χ4v) is 3.79. The summed E-state index contributed by atoms with van der Waals surface area (Å²) in [5.74, 6) is 1.25. The molecule has 7 heteroatoms. The number of amides is 1. The van der Waals surface area contributed by atoms with Crippen molar-refractivity contribution in [2.24, 2.45) is 0 Å². The Bertz CT molecular complexity index is 823. The molecule has 0 aliphatic carbocycles. The van der Waals surface area contributed by atoms with Gasteiger partial charge in [0.2, 0.25) is 0 Å². The van der Waals surface area contributed by atoms with E-state index in [-0.39, 0.29) is 5.91 Å². The van der Waals surface area contributed by atoms with E-state index < -0.39 is 0 Å². The van der Waals surface area contributed by atoms with Crippen molar-refractivity contribution in [2.75, 3.05) is 61.4 Å². The Morgan fingerprint density at radius 2 is 1.61 bits per heavy atom. The van der Waals surface area contributed by atoms with Crippen molar-refractivity contribution in [1.82, 2.24) is 14.9 Å². The van der Waals surface area contributed by atoms with Crippen molar-refractivity contribution in [1.29, 1.82) is 0 Å². The first-order valence-electron chi connectivity index (χ1n) is 10.0. The van der Waals surface area contributed by atoms with Gasteiger partial charge in [-0.3, -0.25) is 4.79 Å². The lowest BCUT2D eigenvalue weighted by Gasteiger charge is -2.33. The second-order valence-corrected chi connectivity index (χ2v) is 7.64. The number of aryl methyl sites for hydroxylation is 1. The van der Waals surface area contributed by atoms with Crippen LogP contribution in [-0.4, -0.2) is 67.1 Å². The second-order valence-electron chi connectivity index (χ2n) is 7.64. The maximum atomic E-state index is 12.8. The minimum absolute atomic E-state index is 0.199. The third kappa shape index (κ3) is 4.25. The molecule has 0 saturated carbocycles. The Hall–Kier alpha value is -2.67. The number of hydrogen-bond acceptors (Lipinski definition) is 6. The van der Waals surface area contributed by atoms with Gasteiger partial charge < -0.3 is 20.0 Å². The lowest BCUT2D eigenvalue weighted by atomic mass is 10.2. The molecule has 2 aliphatic rings. The molecule has 7 nitrogen and oxygen atoms in total. The normalized spacial score (nSPS) is 17.8. The standard InChI is InChI=1S/C21H28N6O/c1-16-22-19(15-20(23-16)27-13-11-25(2)12-14-27)21(28)24-17-5-7-18(8-6-17)26-9-3-4-10-26/h5-8,15H,3-4,9-14H2,1-2H3,(H,24,28). The molecule has 0 unspecified atom stereocenters. The number of anilines is 3. The maximum absolute atomic E-state index is 12.8. The topological polar surface area (TPSA) is 64.6 Å². The van der Waals surface area contributed by atoms with Crippen LogP contribution in [0.25, 0.3) is 0 Å². The second kappa shape index (κ2) is 8.14. The predicted molar refractivity (Wildman–Crippen MR) is 112 cm³/mol. The lowest BCUT2D eigenvalue weighted by Crippen LogP contribution is -2.45. The van der Waals surface area contributed by atoms with E-state index in [1.165, 1.54) is 18.5 Å². The molecule has 0 radical (unpaired) electrons. The molecule has 2 aromatic rings. The molecule has 1 aromatic heterocycles. The summed E-state index contributed by atoms with van der Waals surface area (Å²) in [6, 6.07) is 9.86. The zero-order valence-corrected chi connectivity index (χ0v) is 16.7. The highest BCUT2D eigenvalue weighted by Gasteiger charge is 2.19. The van der Waals surface area contributed by atoms with Crippen molar-refractivity contribution in [3.05, 3.63) is 41.9 Å². The number of benzene rings is 1. The summed E-state index contributed by atoms with van der Waals surface area (Å²) in [6.45, 7) is 7.86. The van der Waals surface area contributed by atoms with Crippen LogP contribution < -0.4 is 15.1 Å². The van der Waals surface area contributed by atoms with Crippen LogP contribution in [0.15, 0.2) is 30.3 Å². The highest BCUT2D eigenvalue weighted by atomic mass is 16.1. The van der Waals surface area contributed by atoms with Crippen molar-refractivity contribution in [2.45, 2.75) is 19.8 Å². The van der Waals surface area contributed by atoms with Gasteiger partial charge >= 0.3 is 0 Å². The summed E-state index contributed by atoms with van der Waals surface area (Å²) in [4.78, 5) is 28.5. The maximum Gasteiger partial charge on any atom is 0.274 e. The van der Waals surface area contributed by atoms with Crippen LogP contribution in [0.1, 0.15) is 29.2 Å². The van der Waals surface area contributed by atoms with Gasteiger partial charge in [0.15, 0.2) is 0 Å². The van der Waals surface area contributed by atoms with Crippen molar-refractivity contribution >= 4 is 23.1 Å². The first-order chi connectivity index (χ1) is 13.6. The van der Waals surface area contributed by atoms with Crippen LogP contribution in [0.4, 0.5) is 17.2 Å². The fourth-order valence-electron chi connectivity index (χ4n) is 3.79.